The van der Waals surface area contributed by atoms with Crippen LogP contribution in [0.4, 0.5) is 5.69 Å². The van der Waals surface area contributed by atoms with Crippen LogP contribution < -0.4 is 10.1 Å². The average molecular weight is 352 g/mol. The first-order valence-electron chi connectivity index (χ1n) is 7.57. The summed E-state index contributed by atoms with van der Waals surface area (Å²) in [5.74, 6) is 0.650. The molecule has 1 aliphatic heterocycles. The third kappa shape index (κ3) is 4.30. The number of amidine groups is 1. The zero-order chi connectivity index (χ0) is 17.6. The average Bonchev–Trinajstić information content (AvgIpc) is 2.95. The van der Waals surface area contributed by atoms with Crippen LogP contribution >= 0.6 is 11.8 Å². The molecule has 0 saturated carbocycles. The Morgan fingerprint density at radius 3 is 2.72 bits per heavy atom. The molecule has 0 spiro atoms. The first-order chi connectivity index (χ1) is 12.2. The Morgan fingerprint density at radius 2 is 1.96 bits per heavy atom. The smallest absolute Gasteiger partial charge is 0.264 e. The molecule has 0 unspecified atom stereocenters. The van der Waals surface area contributed by atoms with Gasteiger partial charge >= 0.3 is 0 Å². The van der Waals surface area contributed by atoms with Crippen molar-refractivity contribution >= 4 is 34.6 Å². The van der Waals surface area contributed by atoms with Crippen molar-refractivity contribution in [3.05, 3.63) is 71.7 Å². The number of para-hydroxylation sites is 1. The van der Waals surface area contributed by atoms with E-state index in [1.807, 2.05) is 24.3 Å². The highest BCUT2D eigenvalue weighted by Gasteiger charge is 2.24. The summed E-state index contributed by atoms with van der Waals surface area (Å²) in [4.78, 5) is 17.1. The normalized spacial score (nSPS) is 16.9. The quantitative estimate of drug-likeness (QED) is 0.633. The zero-order valence-electron chi connectivity index (χ0n) is 13.3. The summed E-state index contributed by atoms with van der Waals surface area (Å²) in [5, 5.41) is 12.5. The molecule has 0 aliphatic carbocycles. The third-order valence-corrected chi connectivity index (χ3v) is 4.20. The molecule has 1 fully saturated rings. The maximum atomic E-state index is 12.2. The van der Waals surface area contributed by atoms with Gasteiger partial charge in [0.25, 0.3) is 5.91 Å². The van der Waals surface area contributed by atoms with Crippen molar-refractivity contribution in [3.8, 4) is 11.5 Å². The van der Waals surface area contributed by atoms with Crippen LogP contribution in [0.2, 0.25) is 0 Å². The highest BCUT2D eigenvalue weighted by atomic mass is 32.2. The molecule has 1 heterocycles. The molecular weight excluding hydrogens is 336 g/mol. The summed E-state index contributed by atoms with van der Waals surface area (Å²) in [6.07, 6.45) is 3.45. The van der Waals surface area contributed by atoms with Crippen LogP contribution in [0.15, 0.2) is 71.1 Å². The molecule has 2 aromatic rings. The molecule has 0 radical (unpaired) electrons. The Hall–Kier alpha value is -2.99. The van der Waals surface area contributed by atoms with E-state index < -0.39 is 0 Å². The number of carbonyl (C=O) groups is 1. The molecular formula is C19H16N2O3S. The lowest BCUT2D eigenvalue weighted by atomic mass is 10.2. The number of hydrogen-bond acceptors (Lipinski definition) is 5. The van der Waals surface area contributed by atoms with Gasteiger partial charge in [0.2, 0.25) is 0 Å². The van der Waals surface area contributed by atoms with E-state index in [4.69, 9.17) is 4.74 Å². The maximum Gasteiger partial charge on any atom is 0.264 e. The van der Waals surface area contributed by atoms with E-state index in [1.165, 1.54) is 11.8 Å². The summed E-state index contributed by atoms with van der Waals surface area (Å²) in [5.41, 5.74) is 1.46. The van der Waals surface area contributed by atoms with Gasteiger partial charge in [0.15, 0.2) is 5.17 Å². The van der Waals surface area contributed by atoms with Crippen LogP contribution in [-0.2, 0) is 4.79 Å². The van der Waals surface area contributed by atoms with E-state index >= 15 is 0 Å². The molecule has 0 bridgehead atoms. The predicted molar refractivity (Wildman–Crippen MR) is 101 cm³/mol. The minimum absolute atomic E-state index is 0.170. The van der Waals surface area contributed by atoms with Gasteiger partial charge in [-0.1, -0.05) is 30.9 Å². The number of ether oxygens (including phenoxy) is 1. The maximum absolute atomic E-state index is 12.2. The number of thioether (sulfide) groups is 1. The zero-order valence-corrected chi connectivity index (χ0v) is 14.1. The van der Waals surface area contributed by atoms with Crippen molar-refractivity contribution < 1.29 is 14.6 Å². The molecule has 0 atom stereocenters. The number of nitrogens with one attached hydrogen (secondary N) is 1. The first-order valence-corrected chi connectivity index (χ1v) is 8.39. The van der Waals surface area contributed by atoms with Crippen molar-refractivity contribution in [1.29, 1.82) is 0 Å². The van der Waals surface area contributed by atoms with E-state index in [9.17, 15) is 9.90 Å². The minimum Gasteiger partial charge on any atom is -0.508 e. The fourth-order valence-electron chi connectivity index (χ4n) is 2.15. The summed E-state index contributed by atoms with van der Waals surface area (Å²) < 4.78 is 5.61. The number of phenolic OH excluding ortho intramolecular Hbond substituents is 1. The Labute approximate surface area is 149 Å². The predicted octanol–water partition coefficient (Wildman–Crippen LogP) is 3.85. The number of amides is 1. The van der Waals surface area contributed by atoms with E-state index in [1.54, 1.807) is 36.4 Å². The molecule has 2 aromatic carbocycles. The highest BCUT2D eigenvalue weighted by Crippen LogP contribution is 2.30. The number of aromatic hydroxyl groups is 1. The van der Waals surface area contributed by atoms with Crippen LogP contribution in [0, 0.1) is 0 Å². The fourth-order valence-corrected chi connectivity index (χ4v) is 2.98. The van der Waals surface area contributed by atoms with Gasteiger partial charge in [0.05, 0.1) is 10.6 Å². The molecule has 1 amide bonds. The standard InChI is InChI=1S/C19H16N2O3S/c1-2-11-24-16-6-4-3-5-13(16)12-17-18(23)21-19(25-17)20-14-7-9-15(22)10-8-14/h2-10,12,22H,1,11H2,(H,20,21,23). The summed E-state index contributed by atoms with van der Waals surface area (Å²) in [7, 11) is 0. The number of phenols is 1. The molecule has 1 aliphatic rings. The van der Waals surface area contributed by atoms with E-state index in [2.05, 4.69) is 16.9 Å². The van der Waals surface area contributed by atoms with Crippen LogP contribution in [0.25, 0.3) is 6.08 Å². The van der Waals surface area contributed by atoms with Crippen molar-refractivity contribution in [2.75, 3.05) is 6.61 Å². The Balaban J connectivity index is 1.82. The molecule has 126 valence electrons. The number of rotatable bonds is 5. The Bertz CT molecular complexity index is 857. The molecule has 25 heavy (non-hydrogen) atoms. The SMILES string of the molecule is C=CCOc1ccccc1C=C1SC(=Nc2ccc(O)cc2)NC1=O. The van der Waals surface area contributed by atoms with Crippen LogP contribution in [0.1, 0.15) is 5.56 Å². The molecule has 1 saturated heterocycles. The van der Waals surface area contributed by atoms with Gasteiger partial charge in [-0.15, -0.1) is 0 Å². The number of carbonyl (C=O) groups excluding carboxylic acids is 1. The van der Waals surface area contributed by atoms with Crippen molar-refractivity contribution in [1.82, 2.24) is 5.32 Å². The second kappa shape index (κ2) is 7.72. The van der Waals surface area contributed by atoms with Crippen molar-refractivity contribution in [3.63, 3.8) is 0 Å². The van der Waals surface area contributed by atoms with E-state index in [0.717, 1.165) is 5.56 Å². The molecule has 6 heteroatoms. The van der Waals surface area contributed by atoms with Gasteiger partial charge in [-0.05, 0) is 48.2 Å². The largest absolute Gasteiger partial charge is 0.508 e. The monoisotopic (exact) mass is 352 g/mol. The van der Waals surface area contributed by atoms with Gasteiger partial charge in [-0.3, -0.25) is 4.79 Å². The van der Waals surface area contributed by atoms with Crippen LogP contribution in [-0.4, -0.2) is 22.8 Å². The second-order valence-corrected chi connectivity index (χ2v) is 6.17. The Kier molecular flexibility index (Phi) is 5.20. The van der Waals surface area contributed by atoms with Crippen molar-refractivity contribution in [2.24, 2.45) is 4.99 Å². The van der Waals surface area contributed by atoms with Crippen molar-refractivity contribution in [2.45, 2.75) is 0 Å². The fraction of sp³-hybridized carbons (Fsp3) is 0.0526. The number of nitrogens with zero attached hydrogens (tertiary/aromatic N) is 1. The summed E-state index contributed by atoms with van der Waals surface area (Å²) in [6, 6.07) is 13.9. The molecule has 2 N–H and O–H groups in total. The first kappa shape index (κ1) is 16.9. The van der Waals surface area contributed by atoms with Crippen LogP contribution in [0.3, 0.4) is 0 Å². The van der Waals surface area contributed by atoms with Gasteiger partial charge in [0, 0.05) is 5.56 Å². The summed E-state index contributed by atoms with van der Waals surface area (Å²) >= 11 is 1.26. The topological polar surface area (TPSA) is 70.9 Å². The lowest BCUT2D eigenvalue weighted by molar-refractivity contribution is -0.115. The molecule has 0 aromatic heterocycles. The highest BCUT2D eigenvalue weighted by molar-refractivity contribution is 8.18. The van der Waals surface area contributed by atoms with Gasteiger partial charge in [0.1, 0.15) is 18.1 Å². The van der Waals surface area contributed by atoms with Crippen LogP contribution in [0.5, 0.6) is 11.5 Å². The number of hydrogen-bond donors (Lipinski definition) is 2. The van der Waals surface area contributed by atoms with Gasteiger partial charge in [-0.2, -0.15) is 0 Å². The molecule has 5 nitrogen and oxygen atoms in total. The van der Waals surface area contributed by atoms with Gasteiger partial charge < -0.3 is 15.2 Å². The summed E-state index contributed by atoms with van der Waals surface area (Å²) in [6.45, 7) is 4.03. The van der Waals surface area contributed by atoms with E-state index in [-0.39, 0.29) is 11.7 Å². The number of aliphatic imine (C=N–C) groups is 1. The third-order valence-electron chi connectivity index (χ3n) is 3.29. The number of benzene rings is 2. The minimum atomic E-state index is -0.207. The lowest BCUT2D eigenvalue weighted by Gasteiger charge is -2.06. The molecule has 3 rings (SSSR count). The van der Waals surface area contributed by atoms with E-state index in [0.29, 0.717) is 28.1 Å². The lowest BCUT2D eigenvalue weighted by Crippen LogP contribution is -2.19. The Morgan fingerprint density at radius 1 is 1.20 bits per heavy atom. The second-order valence-electron chi connectivity index (χ2n) is 5.14. The van der Waals surface area contributed by atoms with Gasteiger partial charge in [-0.25, -0.2) is 4.99 Å².